The number of aliphatic hydroxyl groups is 1. The average Bonchev–Trinajstić information content (AvgIpc) is 3.49. The Morgan fingerprint density at radius 1 is 1.02 bits per heavy atom. The predicted octanol–water partition coefficient (Wildman–Crippen LogP) is 6.60. The molecule has 5 rings (SSSR count). The van der Waals surface area contributed by atoms with Crippen molar-refractivity contribution in [3.8, 4) is 11.5 Å². The van der Waals surface area contributed by atoms with Crippen molar-refractivity contribution in [3.63, 3.8) is 0 Å². The molecule has 0 saturated carbocycles. The Kier molecular flexibility index (Phi) is 9.77. The lowest BCUT2D eigenvalue weighted by atomic mass is 9.92. The van der Waals surface area contributed by atoms with Crippen molar-refractivity contribution in [1.29, 1.82) is 0 Å². The van der Waals surface area contributed by atoms with Crippen LogP contribution < -0.4 is 19.7 Å². The number of aromatic carboxylic acids is 1. The summed E-state index contributed by atoms with van der Waals surface area (Å²) in [5.41, 5.74) is 3.86. The Hall–Kier alpha value is -4.58. The number of aryl methyl sites for hydroxylation is 2. The molecule has 1 aromatic heterocycles. The molecular formula is C36H39ClN2O9. The zero-order chi connectivity index (χ0) is 35.1. The molecule has 2 heterocycles. The number of nitrogens with one attached hydrogen (secondary N) is 1. The summed E-state index contributed by atoms with van der Waals surface area (Å²) in [7, 11) is 3.02. The van der Waals surface area contributed by atoms with Gasteiger partial charge in [-0.1, -0.05) is 37.6 Å². The topological polar surface area (TPSA) is 148 Å². The number of carbonyl (C=O) groups excluding carboxylic acids is 2. The Balaban J connectivity index is 1.59. The van der Waals surface area contributed by atoms with E-state index in [9.17, 15) is 24.6 Å². The first kappa shape index (κ1) is 34.7. The van der Waals surface area contributed by atoms with Crippen molar-refractivity contribution < 1.29 is 43.2 Å². The zero-order valence-corrected chi connectivity index (χ0v) is 28.7. The van der Waals surface area contributed by atoms with E-state index in [1.165, 1.54) is 25.2 Å². The smallest absolute Gasteiger partial charge is 0.371 e. The molecule has 0 saturated heterocycles. The van der Waals surface area contributed by atoms with Crippen molar-refractivity contribution >= 4 is 51.7 Å². The summed E-state index contributed by atoms with van der Waals surface area (Å²) in [4.78, 5) is 41.5. The standard InChI is InChI=1S/C36H39ClN2O9/c1-18-19(2)31-23(14-28(48-31)35(43)44)20(3)30(18)38-29(41)15-27-34(42)39(16-36(4,5)17-40)25-12-11-21(37)13-24(25)32(47-27)22-9-8-10-26(45-6)33(22)46-7/h8-14,27,32,40H,15-17H2,1-7H3,(H,38,41)(H,43,44)/t27-,32-/m1/s1. The van der Waals surface area contributed by atoms with E-state index in [0.717, 1.165) is 0 Å². The summed E-state index contributed by atoms with van der Waals surface area (Å²) in [6, 6.07) is 11.9. The van der Waals surface area contributed by atoms with Crippen molar-refractivity contribution in [1.82, 2.24) is 0 Å². The summed E-state index contributed by atoms with van der Waals surface area (Å²) in [6.45, 7) is 8.96. The van der Waals surface area contributed by atoms with Crippen LogP contribution >= 0.6 is 11.6 Å². The number of benzene rings is 3. The van der Waals surface area contributed by atoms with Crippen molar-refractivity contribution in [3.05, 3.63) is 81.1 Å². The van der Waals surface area contributed by atoms with E-state index < -0.39 is 35.4 Å². The number of fused-ring (bicyclic) bond motifs is 2. The maximum Gasteiger partial charge on any atom is 0.371 e. The number of hydrogen-bond donors (Lipinski definition) is 3. The number of anilines is 2. The molecule has 0 spiro atoms. The summed E-state index contributed by atoms with van der Waals surface area (Å²) in [5.74, 6) is -1.53. The van der Waals surface area contributed by atoms with Gasteiger partial charge in [0.25, 0.3) is 5.91 Å². The van der Waals surface area contributed by atoms with E-state index >= 15 is 0 Å². The minimum absolute atomic E-state index is 0.126. The normalized spacial score (nSPS) is 16.4. The lowest BCUT2D eigenvalue weighted by Gasteiger charge is -2.32. The minimum Gasteiger partial charge on any atom is -0.493 e. The Morgan fingerprint density at radius 3 is 2.40 bits per heavy atom. The lowest BCUT2D eigenvalue weighted by molar-refractivity contribution is -0.136. The molecule has 254 valence electrons. The third kappa shape index (κ3) is 6.45. The number of hydrogen-bond acceptors (Lipinski definition) is 8. The molecule has 2 amide bonds. The molecule has 0 aliphatic carbocycles. The highest BCUT2D eigenvalue weighted by atomic mass is 35.5. The number of aliphatic hydroxyl groups excluding tert-OH is 1. The predicted molar refractivity (Wildman–Crippen MR) is 182 cm³/mol. The van der Waals surface area contributed by atoms with Gasteiger partial charge in [0.2, 0.25) is 11.7 Å². The maximum absolute atomic E-state index is 14.4. The van der Waals surface area contributed by atoms with Gasteiger partial charge in [0.15, 0.2) is 11.5 Å². The van der Waals surface area contributed by atoms with E-state index in [1.54, 1.807) is 57.2 Å². The maximum atomic E-state index is 14.4. The number of ether oxygens (including phenoxy) is 3. The number of carboxylic acid groups (broad SMARTS) is 1. The van der Waals surface area contributed by atoms with Crippen LogP contribution in [0.15, 0.2) is 46.9 Å². The second-order valence-corrected chi connectivity index (χ2v) is 13.1. The molecule has 12 heteroatoms. The van der Waals surface area contributed by atoms with Gasteiger partial charge in [0.1, 0.15) is 17.8 Å². The van der Waals surface area contributed by atoms with Crippen LogP contribution in [0.25, 0.3) is 11.0 Å². The van der Waals surface area contributed by atoms with Gasteiger partial charge in [-0.2, -0.15) is 0 Å². The van der Waals surface area contributed by atoms with Crippen LogP contribution in [0.2, 0.25) is 5.02 Å². The highest BCUT2D eigenvalue weighted by Gasteiger charge is 2.41. The van der Waals surface area contributed by atoms with Crippen LogP contribution in [0.4, 0.5) is 11.4 Å². The minimum atomic E-state index is -1.27. The molecule has 0 unspecified atom stereocenters. The number of methoxy groups -OCH3 is 2. The second kappa shape index (κ2) is 13.5. The molecule has 1 aliphatic heterocycles. The fourth-order valence-corrected chi connectivity index (χ4v) is 6.26. The molecule has 4 aromatic rings. The quantitative estimate of drug-likeness (QED) is 0.169. The van der Waals surface area contributed by atoms with E-state index in [-0.39, 0.29) is 25.3 Å². The van der Waals surface area contributed by atoms with Gasteiger partial charge in [-0.3, -0.25) is 9.59 Å². The molecule has 2 atom stereocenters. The third-order valence-electron chi connectivity index (χ3n) is 8.77. The number of rotatable bonds is 10. The van der Waals surface area contributed by atoms with Gasteiger partial charge in [-0.15, -0.1) is 0 Å². The Labute approximate surface area is 283 Å². The summed E-state index contributed by atoms with van der Waals surface area (Å²) >= 11 is 6.51. The first-order valence-electron chi connectivity index (χ1n) is 15.4. The number of amides is 2. The SMILES string of the molecule is COc1cccc([C@H]2O[C@H](CC(=O)Nc3c(C)c(C)c4oc(C(=O)O)cc4c3C)C(=O)N(CC(C)(C)CO)c3ccc(Cl)cc32)c1OC. The molecule has 0 bridgehead atoms. The molecule has 0 radical (unpaired) electrons. The molecule has 3 N–H and O–H groups in total. The second-order valence-electron chi connectivity index (χ2n) is 12.7. The van der Waals surface area contributed by atoms with Gasteiger partial charge < -0.3 is 39.1 Å². The third-order valence-corrected chi connectivity index (χ3v) is 9.00. The van der Waals surface area contributed by atoms with E-state index in [2.05, 4.69) is 5.32 Å². The van der Waals surface area contributed by atoms with Crippen molar-refractivity contribution in [2.24, 2.45) is 5.41 Å². The molecule has 1 aliphatic rings. The monoisotopic (exact) mass is 678 g/mol. The molecule has 3 aromatic carbocycles. The van der Waals surface area contributed by atoms with Gasteiger partial charge >= 0.3 is 5.97 Å². The number of carboxylic acids is 1. The van der Waals surface area contributed by atoms with Gasteiger partial charge in [-0.05, 0) is 67.8 Å². The first-order valence-corrected chi connectivity index (χ1v) is 15.7. The van der Waals surface area contributed by atoms with Crippen LogP contribution in [0.5, 0.6) is 11.5 Å². The highest BCUT2D eigenvalue weighted by molar-refractivity contribution is 6.30. The average molecular weight is 679 g/mol. The van der Waals surface area contributed by atoms with E-state index in [1.807, 2.05) is 13.8 Å². The first-order chi connectivity index (χ1) is 22.7. The number of carbonyl (C=O) groups is 3. The van der Waals surface area contributed by atoms with Gasteiger partial charge in [-0.25, -0.2) is 4.79 Å². The fraction of sp³-hybridized carbons (Fsp3) is 0.361. The van der Waals surface area contributed by atoms with Gasteiger partial charge in [0, 0.05) is 51.5 Å². The summed E-state index contributed by atoms with van der Waals surface area (Å²) < 4.78 is 23.5. The molecule has 48 heavy (non-hydrogen) atoms. The van der Waals surface area contributed by atoms with E-state index in [0.29, 0.717) is 66.7 Å². The van der Waals surface area contributed by atoms with Crippen LogP contribution in [-0.2, 0) is 14.3 Å². The number of nitrogens with zero attached hydrogens (tertiary/aromatic N) is 1. The summed E-state index contributed by atoms with van der Waals surface area (Å²) in [6.07, 6.45) is -2.54. The van der Waals surface area contributed by atoms with Crippen LogP contribution in [0.3, 0.4) is 0 Å². The van der Waals surface area contributed by atoms with Crippen molar-refractivity contribution in [2.45, 2.75) is 53.2 Å². The summed E-state index contributed by atoms with van der Waals surface area (Å²) in [5, 5.41) is 23.6. The molecule has 11 nitrogen and oxygen atoms in total. The largest absolute Gasteiger partial charge is 0.493 e. The fourth-order valence-electron chi connectivity index (χ4n) is 6.08. The lowest BCUT2D eigenvalue weighted by Crippen LogP contribution is -2.46. The zero-order valence-electron chi connectivity index (χ0n) is 27.9. The van der Waals surface area contributed by atoms with Crippen LogP contribution in [0, 0.1) is 26.2 Å². The van der Waals surface area contributed by atoms with Crippen LogP contribution in [-0.4, -0.2) is 61.5 Å². The number of para-hydroxylation sites is 1. The van der Waals surface area contributed by atoms with E-state index in [4.69, 9.17) is 30.2 Å². The Morgan fingerprint density at radius 2 is 1.75 bits per heavy atom. The van der Waals surface area contributed by atoms with Crippen molar-refractivity contribution in [2.75, 3.05) is 37.6 Å². The number of furan rings is 1. The number of halogens is 1. The van der Waals surface area contributed by atoms with Gasteiger partial charge in [0.05, 0.1) is 20.6 Å². The molecular weight excluding hydrogens is 640 g/mol. The van der Waals surface area contributed by atoms with Crippen LogP contribution in [0.1, 0.15) is 64.7 Å². The highest BCUT2D eigenvalue weighted by Crippen LogP contribution is 2.46. The Bertz CT molecular complexity index is 1920. The molecule has 0 fully saturated rings.